The van der Waals surface area contributed by atoms with Crippen molar-refractivity contribution in [3.8, 4) is 0 Å². The summed E-state index contributed by atoms with van der Waals surface area (Å²) in [7, 11) is 0. The number of hydrogen-bond donors (Lipinski definition) is 1. The summed E-state index contributed by atoms with van der Waals surface area (Å²) < 4.78 is 1.17. The number of rotatable bonds is 1. The summed E-state index contributed by atoms with van der Waals surface area (Å²) in [5.41, 5.74) is 1.26. The molecule has 4 heteroatoms. The van der Waals surface area contributed by atoms with Gasteiger partial charge in [0.25, 0.3) is 5.56 Å². The summed E-state index contributed by atoms with van der Waals surface area (Å²) in [6.07, 6.45) is 6.68. The average Bonchev–Trinajstić information content (AvgIpc) is 2.10. The average molecular weight is 301 g/mol. The van der Waals surface area contributed by atoms with E-state index < -0.39 is 0 Å². The molecule has 0 bridgehead atoms. The number of aromatic nitrogens is 1. The van der Waals surface area contributed by atoms with Gasteiger partial charge in [0.15, 0.2) is 0 Å². The lowest BCUT2D eigenvalue weighted by Crippen LogP contribution is -2.21. The van der Waals surface area contributed by atoms with E-state index in [9.17, 15) is 10.0 Å². The van der Waals surface area contributed by atoms with Crippen LogP contribution in [-0.2, 0) is 0 Å². The third kappa shape index (κ3) is 1.61. The largest absolute Gasteiger partial charge is 0.424 e. The summed E-state index contributed by atoms with van der Waals surface area (Å²) in [4.78, 5) is 11.5. The molecule has 1 N–H and O–H groups in total. The van der Waals surface area contributed by atoms with Crippen molar-refractivity contribution < 1.29 is 5.21 Å². The lowest BCUT2D eigenvalue weighted by molar-refractivity contribution is 0.167. The van der Waals surface area contributed by atoms with E-state index in [2.05, 4.69) is 0 Å². The number of pyridine rings is 1. The lowest BCUT2D eigenvalue weighted by atomic mass is 10.0. The van der Waals surface area contributed by atoms with Crippen LogP contribution < -0.4 is 5.56 Å². The molecule has 72 valence electrons. The van der Waals surface area contributed by atoms with Crippen LogP contribution in [0.3, 0.4) is 0 Å². The van der Waals surface area contributed by atoms with Gasteiger partial charge in [-0.2, -0.15) is 0 Å². The third-order valence-electron chi connectivity index (χ3n) is 2.07. The molecule has 0 unspecified atom stereocenters. The molecular weight excluding hydrogens is 293 g/mol. The van der Waals surface area contributed by atoms with Gasteiger partial charge in [0.1, 0.15) is 3.70 Å². The van der Waals surface area contributed by atoms with Gasteiger partial charge < -0.3 is 5.21 Å². The molecule has 0 spiro atoms. The standard InChI is InChI=1S/C10H8INO2/c11-9-5-4-8(10(13)12(9)14)6-7-2-1-3-7/h1-2,4-6,14H,3H2/b7-6-. The summed E-state index contributed by atoms with van der Waals surface area (Å²) >= 11 is 1.90. The first kappa shape index (κ1) is 9.51. The van der Waals surface area contributed by atoms with E-state index >= 15 is 0 Å². The minimum absolute atomic E-state index is 0.371. The first-order chi connectivity index (χ1) is 6.68. The van der Waals surface area contributed by atoms with Crippen LogP contribution >= 0.6 is 22.6 Å². The van der Waals surface area contributed by atoms with Crippen LogP contribution in [0.2, 0.25) is 0 Å². The van der Waals surface area contributed by atoms with Crippen molar-refractivity contribution in [3.63, 3.8) is 0 Å². The number of allylic oxidation sites excluding steroid dienone is 3. The van der Waals surface area contributed by atoms with Gasteiger partial charge >= 0.3 is 0 Å². The Morgan fingerprint density at radius 3 is 2.79 bits per heavy atom. The minimum atomic E-state index is -0.371. The fourth-order valence-corrected chi connectivity index (χ4v) is 1.59. The molecule has 14 heavy (non-hydrogen) atoms. The van der Waals surface area contributed by atoms with Crippen LogP contribution in [0, 0.1) is 3.70 Å². The quantitative estimate of drug-likeness (QED) is 0.490. The first-order valence-electron chi connectivity index (χ1n) is 4.16. The molecule has 0 aromatic carbocycles. The summed E-state index contributed by atoms with van der Waals surface area (Å²) in [5.74, 6) is 0. The van der Waals surface area contributed by atoms with Gasteiger partial charge in [0.2, 0.25) is 0 Å². The molecule has 1 aliphatic rings. The van der Waals surface area contributed by atoms with Gasteiger partial charge in [-0.25, -0.2) is 0 Å². The summed E-state index contributed by atoms with van der Waals surface area (Å²) in [6, 6.07) is 3.42. The first-order valence-corrected chi connectivity index (χ1v) is 5.24. The number of nitrogens with zero attached hydrogens (tertiary/aromatic N) is 1. The van der Waals surface area contributed by atoms with Gasteiger partial charge in [-0.3, -0.25) is 4.79 Å². The van der Waals surface area contributed by atoms with Crippen LogP contribution in [-0.4, -0.2) is 9.94 Å². The van der Waals surface area contributed by atoms with Crippen molar-refractivity contribution in [2.24, 2.45) is 0 Å². The predicted molar refractivity (Wildman–Crippen MR) is 62.3 cm³/mol. The van der Waals surface area contributed by atoms with Crippen LogP contribution in [0.5, 0.6) is 0 Å². The fourth-order valence-electron chi connectivity index (χ4n) is 1.19. The topological polar surface area (TPSA) is 42.2 Å². The van der Waals surface area contributed by atoms with E-state index in [1.807, 2.05) is 34.7 Å². The second kappa shape index (κ2) is 3.61. The Hall–Kier alpha value is -1.04. The molecule has 1 aromatic heterocycles. The van der Waals surface area contributed by atoms with Crippen molar-refractivity contribution in [1.82, 2.24) is 4.73 Å². The van der Waals surface area contributed by atoms with Crippen LogP contribution in [0.25, 0.3) is 6.08 Å². The Labute approximate surface area is 94.5 Å². The Balaban J connectivity index is 2.50. The maximum absolute atomic E-state index is 11.5. The highest BCUT2D eigenvalue weighted by Gasteiger charge is 2.06. The van der Waals surface area contributed by atoms with Crippen molar-refractivity contribution in [2.45, 2.75) is 6.42 Å². The smallest absolute Gasteiger partial charge is 0.291 e. The van der Waals surface area contributed by atoms with E-state index in [4.69, 9.17) is 0 Å². The summed E-state index contributed by atoms with van der Waals surface area (Å²) in [5, 5.41) is 9.34. The Morgan fingerprint density at radius 2 is 2.21 bits per heavy atom. The SMILES string of the molecule is O=c1c(/C=C2/C=CC2)ccc(I)n1O. The van der Waals surface area contributed by atoms with Crippen LogP contribution in [0.4, 0.5) is 0 Å². The molecule has 3 nitrogen and oxygen atoms in total. The normalized spacial score (nSPS) is 17.1. The number of halogens is 1. The highest BCUT2D eigenvalue weighted by Crippen LogP contribution is 2.17. The zero-order chi connectivity index (χ0) is 10.1. The van der Waals surface area contributed by atoms with Crippen molar-refractivity contribution in [3.05, 3.63) is 49.5 Å². The molecule has 0 saturated heterocycles. The van der Waals surface area contributed by atoms with Gasteiger partial charge in [-0.1, -0.05) is 12.2 Å². The zero-order valence-electron chi connectivity index (χ0n) is 7.27. The zero-order valence-corrected chi connectivity index (χ0v) is 9.43. The molecule has 0 amide bonds. The van der Waals surface area contributed by atoms with Gasteiger partial charge in [-0.05, 0) is 52.8 Å². The molecular formula is C10H8INO2. The molecule has 0 radical (unpaired) electrons. The predicted octanol–water partition coefficient (Wildman–Crippen LogP) is 2.03. The fraction of sp³-hybridized carbons (Fsp3) is 0.100. The number of hydrogen-bond acceptors (Lipinski definition) is 2. The molecule has 0 aliphatic heterocycles. The highest BCUT2D eigenvalue weighted by molar-refractivity contribution is 14.1. The molecule has 0 atom stereocenters. The van der Waals surface area contributed by atoms with E-state index in [-0.39, 0.29) is 5.56 Å². The van der Waals surface area contributed by atoms with E-state index in [1.54, 1.807) is 18.2 Å². The highest BCUT2D eigenvalue weighted by atomic mass is 127. The maximum Gasteiger partial charge on any atom is 0.291 e. The second-order valence-corrected chi connectivity index (χ2v) is 4.16. The van der Waals surface area contributed by atoms with E-state index in [0.29, 0.717) is 14.0 Å². The van der Waals surface area contributed by atoms with E-state index in [1.165, 1.54) is 0 Å². The van der Waals surface area contributed by atoms with E-state index in [0.717, 1.165) is 12.0 Å². The van der Waals surface area contributed by atoms with Crippen molar-refractivity contribution in [2.75, 3.05) is 0 Å². The molecule has 1 aliphatic carbocycles. The Morgan fingerprint density at radius 1 is 1.50 bits per heavy atom. The second-order valence-electron chi connectivity index (χ2n) is 3.05. The monoisotopic (exact) mass is 301 g/mol. The van der Waals surface area contributed by atoms with Crippen molar-refractivity contribution >= 4 is 28.7 Å². The summed E-state index contributed by atoms with van der Waals surface area (Å²) in [6.45, 7) is 0. The minimum Gasteiger partial charge on any atom is -0.424 e. The molecule has 0 fully saturated rings. The van der Waals surface area contributed by atoms with Crippen LogP contribution in [0.1, 0.15) is 12.0 Å². The van der Waals surface area contributed by atoms with Gasteiger partial charge in [0.05, 0.1) is 0 Å². The lowest BCUT2D eigenvalue weighted by Gasteiger charge is -2.07. The third-order valence-corrected chi connectivity index (χ3v) is 2.89. The van der Waals surface area contributed by atoms with Gasteiger partial charge in [0, 0.05) is 5.56 Å². The molecule has 1 aromatic rings. The maximum atomic E-state index is 11.5. The Kier molecular flexibility index (Phi) is 2.45. The van der Waals surface area contributed by atoms with Gasteiger partial charge in [-0.15, -0.1) is 4.73 Å². The Bertz CT molecular complexity index is 485. The van der Waals surface area contributed by atoms with Crippen LogP contribution in [0.15, 0.2) is 34.7 Å². The molecule has 2 rings (SSSR count). The molecule has 1 heterocycles. The molecule has 0 saturated carbocycles. The van der Waals surface area contributed by atoms with Crippen molar-refractivity contribution in [1.29, 1.82) is 0 Å².